The molecule has 1 unspecified atom stereocenters. The monoisotopic (exact) mass is 344 g/mol. The van der Waals surface area contributed by atoms with E-state index in [0.717, 1.165) is 49.2 Å². The van der Waals surface area contributed by atoms with Gasteiger partial charge in [-0.2, -0.15) is 0 Å². The van der Waals surface area contributed by atoms with Crippen LogP contribution in [0.2, 0.25) is 0 Å². The number of hydrogen-bond donors (Lipinski definition) is 2. The summed E-state index contributed by atoms with van der Waals surface area (Å²) in [5, 5.41) is 6.33. The van der Waals surface area contributed by atoms with E-state index in [2.05, 4.69) is 29.4 Å². The third-order valence-electron chi connectivity index (χ3n) is 4.42. The van der Waals surface area contributed by atoms with E-state index < -0.39 is 0 Å². The zero-order valence-corrected chi connectivity index (χ0v) is 15.8. The molecule has 0 bridgehead atoms. The normalized spacial score (nSPS) is 18.1. The van der Waals surface area contributed by atoms with Crippen LogP contribution in [0.15, 0.2) is 29.3 Å². The molecule has 1 saturated heterocycles. The highest BCUT2D eigenvalue weighted by Crippen LogP contribution is 2.16. The molecule has 0 saturated carbocycles. The van der Waals surface area contributed by atoms with Crippen LogP contribution in [0.25, 0.3) is 0 Å². The van der Waals surface area contributed by atoms with Crippen LogP contribution in [-0.2, 0) is 11.3 Å². The number of amides is 1. The van der Waals surface area contributed by atoms with Crippen molar-refractivity contribution in [2.24, 2.45) is 10.9 Å². The predicted molar refractivity (Wildman–Crippen MR) is 105 cm³/mol. The van der Waals surface area contributed by atoms with Crippen LogP contribution in [0.5, 0.6) is 0 Å². The minimum atomic E-state index is 0.0712. The first-order valence-electron chi connectivity index (χ1n) is 9.54. The van der Waals surface area contributed by atoms with Crippen molar-refractivity contribution < 1.29 is 4.79 Å². The molecule has 1 heterocycles. The van der Waals surface area contributed by atoms with Crippen LogP contribution < -0.4 is 10.6 Å². The van der Waals surface area contributed by atoms with Crippen molar-refractivity contribution in [3.8, 4) is 0 Å². The number of hydrogen-bond acceptors (Lipinski definition) is 2. The summed E-state index contributed by atoms with van der Waals surface area (Å²) in [5.41, 5.74) is 2.00. The summed E-state index contributed by atoms with van der Waals surface area (Å²) in [6, 6.07) is 7.98. The largest absolute Gasteiger partial charge is 0.357 e. The van der Waals surface area contributed by atoms with E-state index in [0.29, 0.717) is 13.0 Å². The van der Waals surface area contributed by atoms with Gasteiger partial charge in [-0.15, -0.1) is 0 Å². The number of anilines is 1. The molecule has 138 valence electrons. The molecule has 5 nitrogen and oxygen atoms in total. The number of nitrogens with zero attached hydrogens (tertiary/aromatic N) is 2. The maximum absolute atomic E-state index is 11.6. The lowest BCUT2D eigenvalue weighted by atomic mass is 10.0. The molecule has 0 aliphatic carbocycles. The molecule has 1 fully saturated rings. The third-order valence-corrected chi connectivity index (χ3v) is 4.42. The van der Waals surface area contributed by atoms with Crippen LogP contribution in [0, 0.1) is 5.92 Å². The van der Waals surface area contributed by atoms with Gasteiger partial charge >= 0.3 is 0 Å². The van der Waals surface area contributed by atoms with Gasteiger partial charge in [-0.3, -0.25) is 4.79 Å². The van der Waals surface area contributed by atoms with Gasteiger partial charge in [0.05, 0.1) is 6.54 Å². The second-order valence-electron chi connectivity index (χ2n) is 6.86. The van der Waals surface area contributed by atoms with Crippen molar-refractivity contribution in [3.05, 3.63) is 29.8 Å². The fraction of sp³-hybridized carbons (Fsp3) is 0.600. The molecule has 2 rings (SSSR count). The molecular weight excluding hydrogens is 312 g/mol. The first-order valence-corrected chi connectivity index (χ1v) is 9.54. The van der Waals surface area contributed by atoms with E-state index in [1.54, 1.807) is 0 Å². The number of rotatable bonds is 6. The number of benzene rings is 1. The molecule has 1 aliphatic heterocycles. The SMILES string of the molecule is CCCC(=O)Nc1ccc(CN=C(NCC)N2CCCC(C)C2)cc1. The Bertz CT molecular complexity index is 568. The lowest BCUT2D eigenvalue weighted by molar-refractivity contribution is -0.116. The van der Waals surface area contributed by atoms with Gasteiger partial charge in [-0.25, -0.2) is 4.99 Å². The highest BCUT2D eigenvalue weighted by atomic mass is 16.1. The van der Waals surface area contributed by atoms with Crippen molar-refractivity contribution in [1.29, 1.82) is 0 Å². The van der Waals surface area contributed by atoms with Gasteiger partial charge in [-0.05, 0) is 49.8 Å². The Hall–Kier alpha value is -2.04. The number of piperidine rings is 1. The quantitative estimate of drug-likeness (QED) is 0.612. The molecule has 0 spiro atoms. The van der Waals surface area contributed by atoms with E-state index in [1.165, 1.54) is 12.8 Å². The van der Waals surface area contributed by atoms with E-state index in [-0.39, 0.29) is 5.91 Å². The molecule has 0 radical (unpaired) electrons. The average molecular weight is 345 g/mol. The van der Waals surface area contributed by atoms with Crippen LogP contribution in [0.1, 0.15) is 52.0 Å². The molecule has 0 aromatic heterocycles. The molecule has 5 heteroatoms. The Morgan fingerprint density at radius 1 is 1.28 bits per heavy atom. The predicted octanol–water partition coefficient (Wildman–Crippen LogP) is 3.62. The smallest absolute Gasteiger partial charge is 0.224 e. The average Bonchev–Trinajstić information content (AvgIpc) is 2.60. The van der Waals surface area contributed by atoms with Gasteiger partial charge in [0.1, 0.15) is 0 Å². The molecule has 2 N–H and O–H groups in total. The zero-order chi connectivity index (χ0) is 18.1. The lowest BCUT2D eigenvalue weighted by Crippen LogP contribution is -2.46. The van der Waals surface area contributed by atoms with Crippen molar-refractivity contribution in [2.75, 3.05) is 25.0 Å². The van der Waals surface area contributed by atoms with E-state index >= 15 is 0 Å². The molecule has 1 aliphatic rings. The number of aliphatic imine (C=N–C) groups is 1. The van der Waals surface area contributed by atoms with Gasteiger partial charge in [0.25, 0.3) is 0 Å². The summed E-state index contributed by atoms with van der Waals surface area (Å²) in [5.74, 6) is 1.81. The Labute approximate surface area is 151 Å². The fourth-order valence-electron chi connectivity index (χ4n) is 3.12. The summed E-state index contributed by atoms with van der Waals surface area (Å²) in [4.78, 5) is 18.8. The molecule has 1 aromatic rings. The van der Waals surface area contributed by atoms with Gasteiger partial charge in [-0.1, -0.05) is 26.0 Å². The van der Waals surface area contributed by atoms with E-state index in [9.17, 15) is 4.79 Å². The topological polar surface area (TPSA) is 56.7 Å². The first-order chi connectivity index (χ1) is 12.1. The lowest BCUT2D eigenvalue weighted by Gasteiger charge is -2.33. The van der Waals surface area contributed by atoms with Crippen molar-refractivity contribution in [3.63, 3.8) is 0 Å². The van der Waals surface area contributed by atoms with E-state index in [4.69, 9.17) is 4.99 Å². The van der Waals surface area contributed by atoms with Crippen molar-refractivity contribution >= 4 is 17.6 Å². The van der Waals surface area contributed by atoms with Crippen LogP contribution in [-0.4, -0.2) is 36.4 Å². The third kappa shape index (κ3) is 6.40. The van der Waals surface area contributed by atoms with Gasteiger partial charge in [0.15, 0.2) is 5.96 Å². The molecule has 1 aromatic carbocycles. The Kier molecular flexibility index (Phi) is 7.76. The van der Waals surface area contributed by atoms with Crippen LogP contribution >= 0.6 is 0 Å². The second-order valence-corrected chi connectivity index (χ2v) is 6.86. The standard InChI is InChI=1S/C20H32N4O/c1-4-7-19(25)23-18-11-9-17(10-12-18)14-22-20(21-5-2)24-13-6-8-16(3)15-24/h9-12,16H,4-8,13-15H2,1-3H3,(H,21,22)(H,23,25). The van der Waals surface area contributed by atoms with Crippen molar-refractivity contribution in [2.45, 2.75) is 53.0 Å². The van der Waals surface area contributed by atoms with Gasteiger partial charge in [0.2, 0.25) is 5.91 Å². The first kappa shape index (κ1) is 19.3. The van der Waals surface area contributed by atoms with E-state index in [1.807, 2.05) is 31.2 Å². The Balaban J connectivity index is 1.96. The Morgan fingerprint density at radius 2 is 2.04 bits per heavy atom. The van der Waals surface area contributed by atoms with Crippen LogP contribution in [0.4, 0.5) is 5.69 Å². The summed E-state index contributed by atoms with van der Waals surface area (Å²) >= 11 is 0. The van der Waals surface area contributed by atoms with Gasteiger partial charge in [0, 0.05) is 31.7 Å². The maximum atomic E-state index is 11.6. The zero-order valence-electron chi connectivity index (χ0n) is 15.8. The highest BCUT2D eigenvalue weighted by molar-refractivity contribution is 5.90. The number of guanidine groups is 1. The Morgan fingerprint density at radius 3 is 2.68 bits per heavy atom. The minimum Gasteiger partial charge on any atom is -0.357 e. The molecule has 1 amide bonds. The molecule has 25 heavy (non-hydrogen) atoms. The highest BCUT2D eigenvalue weighted by Gasteiger charge is 2.18. The summed E-state index contributed by atoms with van der Waals surface area (Å²) in [7, 11) is 0. The summed E-state index contributed by atoms with van der Waals surface area (Å²) in [6.07, 6.45) is 3.96. The second kappa shape index (κ2) is 10.1. The van der Waals surface area contributed by atoms with Crippen molar-refractivity contribution in [1.82, 2.24) is 10.2 Å². The summed E-state index contributed by atoms with van der Waals surface area (Å²) < 4.78 is 0. The fourth-order valence-corrected chi connectivity index (χ4v) is 3.12. The number of carbonyl (C=O) groups is 1. The summed E-state index contributed by atoms with van der Waals surface area (Å²) in [6.45, 7) is 10.1. The maximum Gasteiger partial charge on any atom is 0.224 e. The van der Waals surface area contributed by atoms with Gasteiger partial charge < -0.3 is 15.5 Å². The minimum absolute atomic E-state index is 0.0712. The number of nitrogens with one attached hydrogen (secondary N) is 2. The van der Waals surface area contributed by atoms with Crippen LogP contribution in [0.3, 0.4) is 0 Å². The molecular formula is C20H32N4O. The number of carbonyl (C=O) groups excluding carboxylic acids is 1. The molecule has 1 atom stereocenters. The number of likely N-dealkylation sites (tertiary alicyclic amines) is 1.